The van der Waals surface area contributed by atoms with Gasteiger partial charge in [0.2, 0.25) is 0 Å². The van der Waals surface area contributed by atoms with Crippen LogP contribution in [-0.2, 0) is 11.3 Å². The fourth-order valence-electron chi connectivity index (χ4n) is 2.13. The predicted octanol–water partition coefficient (Wildman–Crippen LogP) is 3.53. The summed E-state index contributed by atoms with van der Waals surface area (Å²) in [6.45, 7) is 6.70. The van der Waals surface area contributed by atoms with E-state index in [0.717, 1.165) is 28.2 Å². The van der Waals surface area contributed by atoms with E-state index in [1.165, 1.54) is 0 Å². The molecule has 0 bridgehead atoms. The zero-order chi connectivity index (χ0) is 17.0. The van der Waals surface area contributed by atoms with Crippen LogP contribution in [-0.4, -0.2) is 34.1 Å². The number of amides is 1. The quantitative estimate of drug-likeness (QED) is 0.634. The summed E-state index contributed by atoms with van der Waals surface area (Å²) in [6, 6.07) is 1.80. The van der Waals surface area contributed by atoms with Gasteiger partial charge >= 0.3 is 6.09 Å². The number of fused-ring (bicyclic) bond motifs is 1. The molecule has 23 heavy (non-hydrogen) atoms. The summed E-state index contributed by atoms with van der Waals surface area (Å²) in [6.07, 6.45) is 4.59. The molecule has 0 radical (unpaired) electrons. The molecule has 0 aliphatic carbocycles. The summed E-state index contributed by atoms with van der Waals surface area (Å²) >= 11 is 3.48. The molecule has 1 N–H and O–H groups in total. The van der Waals surface area contributed by atoms with Gasteiger partial charge in [-0.05, 0) is 49.2 Å². The van der Waals surface area contributed by atoms with Gasteiger partial charge in [0.1, 0.15) is 11.2 Å². The Bertz CT molecular complexity index is 719. The molecule has 0 saturated carbocycles. The Balaban J connectivity index is 1.93. The van der Waals surface area contributed by atoms with Crippen LogP contribution < -0.4 is 5.32 Å². The lowest BCUT2D eigenvalue weighted by Crippen LogP contribution is -2.33. The van der Waals surface area contributed by atoms with Gasteiger partial charge < -0.3 is 14.6 Å². The lowest BCUT2D eigenvalue weighted by atomic mass is 10.2. The van der Waals surface area contributed by atoms with Crippen molar-refractivity contribution in [3.63, 3.8) is 0 Å². The lowest BCUT2D eigenvalue weighted by Gasteiger charge is -2.19. The normalized spacial score (nSPS) is 11.5. The topological polar surface area (TPSA) is 73.2 Å². The number of hydrogen-bond donors (Lipinski definition) is 1. The molecular formula is C16H20BrN3O3. The highest BCUT2D eigenvalue weighted by molar-refractivity contribution is 9.10. The molecule has 0 unspecified atom stereocenters. The summed E-state index contributed by atoms with van der Waals surface area (Å²) in [5.74, 6) is 0. The zero-order valence-corrected chi connectivity index (χ0v) is 15.0. The average molecular weight is 382 g/mol. The average Bonchev–Trinajstić information content (AvgIpc) is 2.78. The molecule has 2 aromatic heterocycles. The van der Waals surface area contributed by atoms with E-state index in [1.54, 1.807) is 12.3 Å². The van der Waals surface area contributed by atoms with E-state index in [9.17, 15) is 9.59 Å². The molecule has 0 aromatic carbocycles. The second-order valence-corrected chi connectivity index (χ2v) is 7.06. The van der Waals surface area contributed by atoms with Gasteiger partial charge in [-0.2, -0.15) is 0 Å². The molecule has 124 valence electrons. The molecule has 0 spiro atoms. The number of ether oxygens (including phenoxy) is 1. The number of aromatic nitrogens is 2. The number of pyridine rings is 1. The van der Waals surface area contributed by atoms with Crippen LogP contribution in [0.5, 0.6) is 0 Å². The molecule has 0 saturated heterocycles. The van der Waals surface area contributed by atoms with Crippen LogP contribution in [0.15, 0.2) is 22.9 Å². The summed E-state index contributed by atoms with van der Waals surface area (Å²) < 4.78 is 8.06. The van der Waals surface area contributed by atoms with Gasteiger partial charge in [0.25, 0.3) is 0 Å². The number of nitrogens with zero attached hydrogens (tertiary/aromatic N) is 2. The molecule has 0 aliphatic rings. The molecular weight excluding hydrogens is 362 g/mol. The Labute approximate surface area is 143 Å². The first-order chi connectivity index (χ1) is 10.8. The van der Waals surface area contributed by atoms with Crippen molar-refractivity contribution in [1.82, 2.24) is 14.9 Å². The maximum atomic E-state index is 11.6. The van der Waals surface area contributed by atoms with E-state index in [1.807, 2.05) is 31.5 Å². The number of carbonyl (C=O) groups is 2. The third kappa shape index (κ3) is 4.79. The molecule has 7 heteroatoms. The minimum atomic E-state index is -0.494. The molecule has 2 rings (SSSR count). The molecule has 0 atom stereocenters. The maximum Gasteiger partial charge on any atom is 0.407 e. The van der Waals surface area contributed by atoms with Crippen LogP contribution in [0.2, 0.25) is 0 Å². The Morgan fingerprint density at radius 1 is 1.48 bits per heavy atom. The summed E-state index contributed by atoms with van der Waals surface area (Å²) in [4.78, 5) is 26.7. The Kier molecular flexibility index (Phi) is 5.41. The summed E-state index contributed by atoms with van der Waals surface area (Å²) in [7, 11) is 0. The van der Waals surface area contributed by atoms with Gasteiger partial charge in [-0.15, -0.1) is 0 Å². The second-order valence-electron chi connectivity index (χ2n) is 6.21. The van der Waals surface area contributed by atoms with Crippen LogP contribution in [0, 0.1) is 0 Å². The van der Waals surface area contributed by atoms with E-state index in [0.29, 0.717) is 18.7 Å². The first-order valence-electron chi connectivity index (χ1n) is 7.36. The highest BCUT2D eigenvalue weighted by atomic mass is 79.9. The molecule has 0 fully saturated rings. The van der Waals surface area contributed by atoms with Crippen LogP contribution in [0.3, 0.4) is 0 Å². The van der Waals surface area contributed by atoms with Gasteiger partial charge in [-0.3, -0.25) is 4.79 Å². The summed E-state index contributed by atoms with van der Waals surface area (Å²) in [5.41, 5.74) is 0.855. The van der Waals surface area contributed by atoms with E-state index in [4.69, 9.17) is 4.74 Å². The number of alkyl carbamates (subject to hydrolysis) is 1. The third-order valence-electron chi connectivity index (χ3n) is 3.07. The van der Waals surface area contributed by atoms with Crippen molar-refractivity contribution >= 4 is 39.3 Å². The number of carbonyl (C=O) groups excluding carboxylic acids is 2. The van der Waals surface area contributed by atoms with Crippen LogP contribution in [0.25, 0.3) is 11.0 Å². The highest BCUT2D eigenvalue weighted by Gasteiger charge is 2.15. The standard InChI is InChI=1S/C16H20BrN3O3/c1-16(2,3)23-15(22)18-5-4-6-20-9-13(17)12-7-11(10-21)8-19-14(12)20/h7-10H,4-6H2,1-3H3,(H,18,22). The van der Waals surface area contributed by atoms with E-state index >= 15 is 0 Å². The molecule has 2 aromatic rings. The van der Waals surface area contributed by atoms with Crippen LogP contribution >= 0.6 is 15.9 Å². The van der Waals surface area contributed by atoms with Crippen molar-refractivity contribution in [3.05, 3.63) is 28.5 Å². The largest absolute Gasteiger partial charge is 0.444 e. The number of halogens is 1. The van der Waals surface area contributed by atoms with Crippen LogP contribution in [0.4, 0.5) is 4.79 Å². The number of nitrogens with one attached hydrogen (secondary N) is 1. The first kappa shape index (κ1) is 17.5. The van der Waals surface area contributed by atoms with Gasteiger partial charge in [-0.25, -0.2) is 9.78 Å². The summed E-state index contributed by atoms with van der Waals surface area (Å²) in [5, 5.41) is 3.63. The fraction of sp³-hybridized carbons (Fsp3) is 0.438. The Morgan fingerprint density at radius 2 is 2.22 bits per heavy atom. The SMILES string of the molecule is CC(C)(C)OC(=O)NCCCn1cc(Br)c2cc(C=O)cnc21. The smallest absolute Gasteiger partial charge is 0.407 e. The van der Waals surface area contributed by atoms with Gasteiger partial charge in [0, 0.05) is 40.9 Å². The van der Waals surface area contributed by atoms with Crippen molar-refractivity contribution in [1.29, 1.82) is 0 Å². The number of hydrogen-bond acceptors (Lipinski definition) is 4. The first-order valence-corrected chi connectivity index (χ1v) is 8.16. The zero-order valence-electron chi connectivity index (χ0n) is 13.4. The molecule has 0 aliphatic heterocycles. The fourth-order valence-corrected chi connectivity index (χ4v) is 2.67. The van der Waals surface area contributed by atoms with Crippen molar-refractivity contribution in [2.45, 2.75) is 39.3 Å². The van der Waals surface area contributed by atoms with Gasteiger partial charge in [-0.1, -0.05) is 0 Å². The number of rotatable bonds is 5. The molecule has 1 amide bonds. The van der Waals surface area contributed by atoms with Crippen LogP contribution in [0.1, 0.15) is 37.6 Å². The van der Waals surface area contributed by atoms with Gasteiger partial charge in [0.05, 0.1) is 0 Å². The maximum absolute atomic E-state index is 11.6. The van der Waals surface area contributed by atoms with Crippen molar-refractivity contribution in [2.24, 2.45) is 0 Å². The van der Waals surface area contributed by atoms with E-state index in [2.05, 4.69) is 26.2 Å². The van der Waals surface area contributed by atoms with Gasteiger partial charge in [0.15, 0.2) is 6.29 Å². The Morgan fingerprint density at radius 3 is 2.87 bits per heavy atom. The van der Waals surface area contributed by atoms with Crippen molar-refractivity contribution < 1.29 is 14.3 Å². The predicted molar refractivity (Wildman–Crippen MR) is 91.7 cm³/mol. The van der Waals surface area contributed by atoms with Crippen molar-refractivity contribution in [2.75, 3.05) is 6.54 Å². The number of aldehydes is 1. The minimum absolute atomic E-state index is 0.412. The number of aryl methyl sites for hydroxylation is 1. The lowest BCUT2D eigenvalue weighted by molar-refractivity contribution is 0.0526. The minimum Gasteiger partial charge on any atom is -0.444 e. The van der Waals surface area contributed by atoms with E-state index < -0.39 is 11.7 Å². The Hall–Kier alpha value is -1.89. The third-order valence-corrected chi connectivity index (χ3v) is 3.70. The molecule has 2 heterocycles. The second kappa shape index (κ2) is 7.12. The monoisotopic (exact) mass is 381 g/mol. The van der Waals surface area contributed by atoms with E-state index in [-0.39, 0.29) is 0 Å². The highest BCUT2D eigenvalue weighted by Crippen LogP contribution is 2.25. The molecule has 6 nitrogen and oxygen atoms in total. The van der Waals surface area contributed by atoms with Crippen molar-refractivity contribution in [3.8, 4) is 0 Å².